The molecule has 0 aliphatic rings. The largest absolute Gasteiger partial charge is 0.350 e. The van der Waals surface area contributed by atoms with E-state index in [9.17, 15) is 13.6 Å². The molecular weight excluding hydrogens is 448 g/mol. The van der Waals surface area contributed by atoms with Gasteiger partial charge >= 0.3 is 0 Å². The van der Waals surface area contributed by atoms with Crippen LogP contribution in [0.15, 0.2) is 60.8 Å². The summed E-state index contributed by atoms with van der Waals surface area (Å²) in [6.07, 6.45) is 2.29. The van der Waals surface area contributed by atoms with E-state index in [1.54, 1.807) is 12.3 Å². The zero-order chi connectivity index (χ0) is 24.9. The van der Waals surface area contributed by atoms with Crippen LogP contribution in [0.2, 0.25) is 0 Å². The molecule has 2 heterocycles. The molecule has 1 amide bonds. The molecule has 1 unspecified atom stereocenters. The smallest absolute Gasteiger partial charge is 0.220 e. The molecule has 35 heavy (non-hydrogen) atoms. The molecule has 6 nitrogen and oxygen atoms in total. The highest BCUT2D eigenvalue weighted by molar-refractivity contribution is 5.77. The Labute approximate surface area is 203 Å². The molecule has 1 N–H and O–H groups in total. The highest BCUT2D eigenvalue weighted by Gasteiger charge is 2.16. The number of carbonyl (C=O) groups is 1. The first kappa shape index (κ1) is 24.5. The van der Waals surface area contributed by atoms with Crippen molar-refractivity contribution in [2.24, 2.45) is 0 Å². The van der Waals surface area contributed by atoms with Gasteiger partial charge in [-0.05, 0) is 62.0 Å². The number of hydrogen-bond donors (Lipinski definition) is 1. The maximum Gasteiger partial charge on any atom is 0.220 e. The Morgan fingerprint density at radius 2 is 1.80 bits per heavy atom. The number of nitrogens with one attached hydrogen (secondary N) is 1. The summed E-state index contributed by atoms with van der Waals surface area (Å²) >= 11 is 0. The Morgan fingerprint density at radius 1 is 1.06 bits per heavy atom. The van der Waals surface area contributed by atoms with E-state index in [2.05, 4.69) is 32.3 Å². The number of rotatable bonds is 9. The SMILES string of the molecule is CC(NC(=O)CCc1nc2cccnc2n1Cc1ccc(F)c(F)c1)c1ccc(CN(C)C)cc1. The molecule has 0 bridgehead atoms. The number of halogens is 2. The number of aromatic nitrogens is 3. The standard InChI is InChI=1S/C27H29F2N5O/c1-18(21-9-6-19(7-10-21)16-33(2)3)31-26(35)13-12-25-32-24-5-4-14-30-27(24)34(25)17-20-8-11-22(28)23(29)15-20/h4-11,14-15,18H,12-13,16-17H2,1-3H3,(H,31,35). The molecule has 182 valence electrons. The Balaban J connectivity index is 1.44. The number of amides is 1. The third-order valence-corrected chi connectivity index (χ3v) is 5.84. The summed E-state index contributed by atoms with van der Waals surface area (Å²) in [5.74, 6) is -1.21. The Bertz CT molecular complexity index is 1320. The molecule has 2 aromatic carbocycles. The van der Waals surface area contributed by atoms with Crippen LogP contribution in [0.25, 0.3) is 11.2 Å². The van der Waals surface area contributed by atoms with Gasteiger partial charge in [0.2, 0.25) is 5.91 Å². The minimum Gasteiger partial charge on any atom is -0.350 e. The fraction of sp³-hybridized carbons (Fsp3) is 0.296. The van der Waals surface area contributed by atoms with Crippen LogP contribution in [0.4, 0.5) is 8.78 Å². The van der Waals surface area contributed by atoms with Gasteiger partial charge in [0.1, 0.15) is 11.3 Å². The van der Waals surface area contributed by atoms with E-state index in [4.69, 9.17) is 0 Å². The van der Waals surface area contributed by atoms with Crippen molar-refractivity contribution in [3.05, 3.63) is 94.9 Å². The lowest BCUT2D eigenvalue weighted by molar-refractivity contribution is -0.121. The lowest BCUT2D eigenvalue weighted by atomic mass is 10.1. The minimum absolute atomic E-state index is 0.0886. The van der Waals surface area contributed by atoms with Gasteiger partial charge in [-0.3, -0.25) is 4.79 Å². The Hall–Kier alpha value is -3.65. The van der Waals surface area contributed by atoms with E-state index in [1.807, 2.05) is 43.8 Å². The maximum absolute atomic E-state index is 13.7. The third-order valence-electron chi connectivity index (χ3n) is 5.84. The summed E-state index contributed by atoms with van der Waals surface area (Å²) in [4.78, 5) is 23.9. The van der Waals surface area contributed by atoms with Crippen LogP contribution in [-0.2, 0) is 24.3 Å². The number of nitrogens with zero attached hydrogens (tertiary/aromatic N) is 4. The second-order valence-corrected chi connectivity index (χ2v) is 8.98. The van der Waals surface area contributed by atoms with Crippen molar-refractivity contribution in [1.82, 2.24) is 24.8 Å². The predicted molar refractivity (Wildman–Crippen MR) is 132 cm³/mol. The quantitative estimate of drug-likeness (QED) is 0.382. The molecule has 4 rings (SSSR count). The lowest BCUT2D eigenvalue weighted by Crippen LogP contribution is -2.27. The van der Waals surface area contributed by atoms with E-state index in [1.165, 1.54) is 17.7 Å². The first-order valence-corrected chi connectivity index (χ1v) is 11.6. The van der Waals surface area contributed by atoms with Crippen LogP contribution in [-0.4, -0.2) is 39.4 Å². The Kier molecular flexibility index (Phi) is 7.51. The average molecular weight is 478 g/mol. The first-order chi connectivity index (χ1) is 16.8. The molecule has 0 radical (unpaired) electrons. The van der Waals surface area contributed by atoms with Gasteiger partial charge in [0.25, 0.3) is 0 Å². The van der Waals surface area contributed by atoms with Gasteiger partial charge in [0.05, 0.1) is 12.6 Å². The second-order valence-electron chi connectivity index (χ2n) is 8.98. The highest BCUT2D eigenvalue weighted by Crippen LogP contribution is 2.19. The molecule has 4 aromatic rings. The predicted octanol–water partition coefficient (Wildman–Crippen LogP) is 4.63. The monoisotopic (exact) mass is 477 g/mol. The zero-order valence-electron chi connectivity index (χ0n) is 20.1. The number of benzene rings is 2. The number of hydrogen-bond acceptors (Lipinski definition) is 4. The molecule has 0 aliphatic carbocycles. The summed E-state index contributed by atoms with van der Waals surface area (Å²) in [5.41, 5.74) is 4.17. The topological polar surface area (TPSA) is 63.1 Å². The van der Waals surface area contributed by atoms with E-state index < -0.39 is 11.6 Å². The van der Waals surface area contributed by atoms with Gasteiger partial charge in [-0.1, -0.05) is 30.3 Å². The fourth-order valence-corrected chi connectivity index (χ4v) is 4.08. The summed E-state index contributed by atoms with van der Waals surface area (Å²) in [5, 5.41) is 3.05. The van der Waals surface area contributed by atoms with Gasteiger partial charge in [0, 0.05) is 25.6 Å². The van der Waals surface area contributed by atoms with E-state index in [-0.39, 0.29) is 24.9 Å². The summed E-state index contributed by atoms with van der Waals surface area (Å²) in [6.45, 7) is 3.10. The van der Waals surface area contributed by atoms with Crippen LogP contribution in [0.1, 0.15) is 41.9 Å². The van der Waals surface area contributed by atoms with Crippen molar-refractivity contribution < 1.29 is 13.6 Å². The second kappa shape index (κ2) is 10.7. The molecule has 0 saturated carbocycles. The summed E-state index contributed by atoms with van der Waals surface area (Å²) in [7, 11) is 4.05. The highest BCUT2D eigenvalue weighted by atomic mass is 19.2. The zero-order valence-corrected chi connectivity index (χ0v) is 20.1. The number of imidazole rings is 1. The molecule has 8 heteroatoms. The lowest BCUT2D eigenvalue weighted by Gasteiger charge is -2.16. The van der Waals surface area contributed by atoms with Crippen LogP contribution in [0.3, 0.4) is 0 Å². The summed E-state index contributed by atoms with van der Waals surface area (Å²) < 4.78 is 29.0. The number of pyridine rings is 1. The Morgan fingerprint density at radius 3 is 2.51 bits per heavy atom. The molecule has 0 aliphatic heterocycles. The van der Waals surface area contributed by atoms with E-state index in [0.29, 0.717) is 29.0 Å². The van der Waals surface area contributed by atoms with Crippen LogP contribution in [0.5, 0.6) is 0 Å². The molecular formula is C27H29F2N5O. The number of aryl methyl sites for hydroxylation is 1. The minimum atomic E-state index is -0.899. The van der Waals surface area contributed by atoms with Crippen molar-refractivity contribution in [2.45, 2.75) is 38.9 Å². The van der Waals surface area contributed by atoms with Crippen molar-refractivity contribution in [3.63, 3.8) is 0 Å². The molecule has 1 atom stereocenters. The van der Waals surface area contributed by atoms with Crippen molar-refractivity contribution in [3.8, 4) is 0 Å². The van der Waals surface area contributed by atoms with Gasteiger partial charge in [-0.2, -0.15) is 0 Å². The van der Waals surface area contributed by atoms with Gasteiger partial charge in [-0.25, -0.2) is 18.7 Å². The maximum atomic E-state index is 13.7. The van der Waals surface area contributed by atoms with Crippen molar-refractivity contribution in [2.75, 3.05) is 14.1 Å². The van der Waals surface area contributed by atoms with Gasteiger partial charge < -0.3 is 14.8 Å². The van der Waals surface area contributed by atoms with Crippen molar-refractivity contribution in [1.29, 1.82) is 0 Å². The van der Waals surface area contributed by atoms with Crippen molar-refractivity contribution >= 4 is 17.1 Å². The van der Waals surface area contributed by atoms with Crippen LogP contribution < -0.4 is 5.32 Å². The van der Waals surface area contributed by atoms with Gasteiger partial charge in [-0.15, -0.1) is 0 Å². The van der Waals surface area contributed by atoms with Crippen LogP contribution >= 0.6 is 0 Å². The molecule has 0 fully saturated rings. The van der Waals surface area contributed by atoms with Gasteiger partial charge in [0.15, 0.2) is 17.3 Å². The molecule has 0 saturated heterocycles. The fourth-order valence-electron chi connectivity index (χ4n) is 4.08. The third kappa shape index (κ3) is 6.08. The average Bonchev–Trinajstić information content (AvgIpc) is 3.17. The van der Waals surface area contributed by atoms with Crippen LogP contribution in [0, 0.1) is 11.6 Å². The number of fused-ring (bicyclic) bond motifs is 1. The first-order valence-electron chi connectivity index (χ1n) is 11.6. The summed E-state index contributed by atoms with van der Waals surface area (Å²) in [6, 6.07) is 15.6. The molecule has 2 aromatic heterocycles. The normalized spacial score (nSPS) is 12.3. The molecule has 0 spiro atoms. The number of carbonyl (C=O) groups excluding carboxylic acids is 1. The van der Waals surface area contributed by atoms with E-state index >= 15 is 0 Å². The van der Waals surface area contributed by atoms with E-state index in [0.717, 1.165) is 18.2 Å².